The Labute approximate surface area is 190 Å². The van der Waals surface area contributed by atoms with Crippen LogP contribution >= 0.6 is 11.6 Å². The maximum absolute atomic E-state index is 13.1. The molecule has 5 nitrogen and oxygen atoms in total. The first-order chi connectivity index (χ1) is 15.5. The quantitative estimate of drug-likeness (QED) is 0.264. The Bertz CT molecular complexity index is 1320. The lowest BCUT2D eigenvalue weighted by atomic mass is 10.0. The van der Waals surface area contributed by atoms with E-state index < -0.39 is 5.97 Å². The van der Waals surface area contributed by atoms with Crippen molar-refractivity contribution in [3.63, 3.8) is 0 Å². The second kappa shape index (κ2) is 9.20. The molecule has 0 saturated carbocycles. The van der Waals surface area contributed by atoms with Crippen LogP contribution in [0.25, 0.3) is 22.2 Å². The van der Waals surface area contributed by atoms with Gasteiger partial charge in [-0.05, 0) is 49.4 Å². The fraction of sp³-hybridized carbons (Fsp3) is 0.115. The van der Waals surface area contributed by atoms with Gasteiger partial charge in [0.15, 0.2) is 5.78 Å². The predicted molar refractivity (Wildman–Crippen MR) is 124 cm³/mol. The fourth-order valence-electron chi connectivity index (χ4n) is 3.44. The van der Waals surface area contributed by atoms with Gasteiger partial charge in [-0.2, -0.15) is 0 Å². The van der Waals surface area contributed by atoms with Crippen LogP contribution in [-0.2, 0) is 11.3 Å². The van der Waals surface area contributed by atoms with E-state index in [1.165, 1.54) is 14.0 Å². The zero-order valence-corrected chi connectivity index (χ0v) is 18.3. The van der Waals surface area contributed by atoms with E-state index in [-0.39, 0.29) is 12.4 Å². The molecule has 0 N–H and O–H groups in total. The maximum atomic E-state index is 13.1. The number of fused-ring (bicyclic) bond motifs is 1. The molecule has 0 saturated heterocycles. The number of halogens is 1. The van der Waals surface area contributed by atoms with Crippen molar-refractivity contribution < 1.29 is 19.1 Å². The molecule has 0 bridgehead atoms. The van der Waals surface area contributed by atoms with Gasteiger partial charge in [-0.15, -0.1) is 0 Å². The van der Waals surface area contributed by atoms with E-state index in [1.807, 2.05) is 36.4 Å². The Hall–Kier alpha value is -3.70. The highest BCUT2D eigenvalue weighted by molar-refractivity contribution is 6.30. The van der Waals surface area contributed by atoms with Gasteiger partial charge in [0.1, 0.15) is 12.4 Å². The molecule has 0 aliphatic heterocycles. The monoisotopic (exact) mass is 445 g/mol. The summed E-state index contributed by atoms with van der Waals surface area (Å²) in [5.74, 6) is -0.0219. The molecule has 0 fully saturated rings. The van der Waals surface area contributed by atoms with Crippen LogP contribution in [-0.4, -0.2) is 23.8 Å². The lowest BCUT2D eigenvalue weighted by Gasteiger charge is -2.12. The molecule has 0 atom stereocenters. The highest BCUT2D eigenvalue weighted by Crippen LogP contribution is 2.27. The predicted octanol–water partition coefficient (Wildman–Crippen LogP) is 6.12. The molecule has 1 heterocycles. The number of carbonyl (C=O) groups is 2. The summed E-state index contributed by atoms with van der Waals surface area (Å²) in [6.45, 7) is 1.45. The van der Waals surface area contributed by atoms with Gasteiger partial charge in [-0.1, -0.05) is 41.9 Å². The van der Waals surface area contributed by atoms with E-state index in [0.29, 0.717) is 44.1 Å². The zero-order chi connectivity index (χ0) is 22.7. The Balaban J connectivity index is 1.69. The number of aromatic nitrogens is 1. The average Bonchev–Trinajstić information content (AvgIpc) is 2.82. The molecule has 4 aromatic rings. The van der Waals surface area contributed by atoms with Gasteiger partial charge in [0.25, 0.3) is 0 Å². The minimum absolute atomic E-state index is 0.0317. The number of methoxy groups -OCH3 is 1. The lowest BCUT2D eigenvalue weighted by molar-refractivity contribution is 0.0472. The van der Waals surface area contributed by atoms with Crippen molar-refractivity contribution in [1.82, 2.24) is 4.98 Å². The van der Waals surface area contributed by atoms with Crippen LogP contribution in [0.3, 0.4) is 0 Å². The summed E-state index contributed by atoms with van der Waals surface area (Å²) >= 11 is 6.00. The summed E-state index contributed by atoms with van der Waals surface area (Å²) < 4.78 is 11.0. The minimum atomic E-state index is -0.492. The molecule has 4 rings (SSSR count). The van der Waals surface area contributed by atoms with Gasteiger partial charge in [0.05, 0.1) is 23.9 Å². The Morgan fingerprint density at radius 2 is 1.72 bits per heavy atom. The van der Waals surface area contributed by atoms with Gasteiger partial charge < -0.3 is 9.47 Å². The normalized spacial score (nSPS) is 10.7. The van der Waals surface area contributed by atoms with Gasteiger partial charge in [-0.3, -0.25) is 4.79 Å². The molecule has 0 unspecified atom stereocenters. The van der Waals surface area contributed by atoms with Gasteiger partial charge in [-0.25, -0.2) is 9.78 Å². The number of nitrogens with zero attached hydrogens (tertiary/aromatic N) is 1. The lowest BCUT2D eigenvalue weighted by Crippen LogP contribution is -2.08. The van der Waals surface area contributed by atoms with E-state index in [4.69, 9.17) is 21.1 Å². The van der Waals surface area contributed by atoms with Crippen LogP contribution in [0.5, 0.6) is 5.75 Å². The number of rotatable bonds is 6. The number of benzene rings is 3. The Kier molecular flexibility index (Phi) is 6.19. The van der Waals surface area contributed by atoms with Crippen molar-refractivity contribution in [2.24, 2.45) is 0 Å². The summed E-state index contributed by atoms with van der Waals surface area (Å²) in [4.78, 5) is 29.5. The number of ketones is 1. The molecular weight excluding hydrogens is 426 g/mol. The smallest absolute Gasteiger partial charge is 0.339 e. The maximum Gasteiger partial charge on any atom is 0.339 e. The number of hydrogen-bond acceptors (Lipinski definition) is 5. The van der Waals surface area contributed by atoms with Crippen molar-refractivity contribution in [2.45, 2.75) is 13.5 Å². The van der Waals surface area contributed by atoms with Crippen molar-refractivity contribution in [2.75, 3.05) is 7.11 Å². The minimum Gasteiger partial charge on any atom is -0.496 e. The van der Waals surface area contributed by atoms with E-state index >= 15 is 0 Å². The highest BCUT2D eigenvalue weighted by Gasteiger charge is 2.17. The van der Waals surface area contributed by atoms with E-state index in [0.717, 1.165) is 5.56 Å². The largest absolute Gasteiger partial charge is 0.496 e. The molecule has 0 aliphatic carbocycles. The molecule has 0 spiro atoms. The molecule has 1 aromatic heterocycles. The molecule has 0 amide bonds. The van der Waals surface area contributed by atoms with E-state index in [2.05, 4.69) is 4.98 Å². The Morgan fingerprint density at radius 3 is 2.44 bits per heavy atom. The third-order valence-electron chi connectivity index (χ3n) is 5.12. The van der Waals surface area contributed by atoms with Crippen molar-refractivity contribution in [3.05, 3.63) is 94.5 Å². The standard InChI is InChI=1S/C26H20ClNO4/c1-16(29)18-9-12-25(31-2)19(13-18)15-32-26(30)22-14-24(17-7-10-20(27)11-8-17)28-23-6-4-3-5-21(22)23/h3-14H,15H2,1-2H3. The number of Topliss-reactive ketones (excluding diaryl/α,β-unsaturated/α-hetero) is 1. The first-order valence-electron chi connectivity index (χ1n) is 9.97. The average molecular weight is 446 g/mol. The summed E-state index contributed by atoms with van der Waals surface area (Å²) in [5, 5.41) is 1.32. The van der Waals surface area contributed by atoms with Crippen LogP contribution in [0, 0.1) is 0 Å². The number of carbonyl (C=O) groups excluding carboxylic acids is 2. The molecule has 6 heteroatoms. The van der Waals surface area contributed by atoms with Gasteiger partial charge >= 0.3 is 5.97 Å². The summed E-state index contributed by atoms with van der Waals surface area (Å²) in [6, 6.07) is 21.4. The second-order valence-electron chi connectivity index (χ2n) is 7.24. The SMILES string of the molecule is COc1ccc(C(C)=O)cc1COC(=O)c1cc(-c2ccc(Cl)cc2)nc2ccccc12. The molecule has 0 aliphatic rings. The molecule has 0 radical (unpaired) electrons. The van der Waals surface area contributed by atoms with Gasteiger partial charge in [0.2, 0.25) is 0 Å². The van der Waals surface area contributed by atoms with Gasteiger partial charge in [0, 0.05) is 27.1 Å². The first kappa shape index (κ1) is 21.5. The van der Waals surface area contributed by atoms with Crippen molar-refractivity contribution >= 4 is 34.3 Å². The molecule has 160 valence electrons. The topological polar surface area (TPSA) is 65.5 Å². The van der Waals surface area contributed by atoms with Crippen molar-refractivity contribution in [3.8, 4) is 17.0 Å². The number of ether oxygens (including phenoxy) is 2. The molecule has 32 heavy (non-hydrogen) atoms. The zero-order valence-electron chi connectivity index (χ0n) is 17.6. The molecule has 3 aromatic carbocycles. The van der Waals surface area contributed by atoms with Crippen molar-refractivity contribution in [1.29, 1.82) is 0 Å². The van der Waals surface area contributed by atoms with Crippen LogP contribution in [0.15, 0.2) is 72.8 Å². The third-order valence-corrected chi connectivity index (χ3v) is 5.37. The number of para-hydroxylation sites is 1. The van der Waals surface area contributed by atoms with E-state index in [1.54, 1.807) is 36.4 Å². The fourth-order valence-corrected chi connectivity index (χ4v) is 3.57. The number of hydrogen-bond donors (Lipinski definition) is 0. The highest BCUT2D eigenvalue weighted by atomic mass is 35.5. The summed E-state index contributed by atoms with van der Waals surface area (Å²) in [5.41, 5.74) is 3.71. The Morgan fingerprint density at radius 1 is 0.969 bits per heavy atom. The van der Waals surface area contributed by atoms with Crippen LogP contribution in [0.4, 0.5) is 0 Å². The van der Waals surface area contributed by atoms with E-state index in [9.17, 15) is 9.59 Å². The first-order valence-corrected chi connectivity index (χ1v) is 10.3. The van der Waals surface area contributed by atoms with Crippen LogP contribution in [0.2, 0.25) is 5.02 Å². The second-order valence-corrected chi connectivity index (χ2v) is 7.67. The van der Waals surface area contributed by atoms with Crippen LogP contribution < -0.4 is 4.74 Å². The molecular formula is C26H20ClNO4. The summed E-state index contributed by atoms with van der Waals surface area (Å²) in [6.07, 6.45) is 0. The number of esters is 1. The summed E-state index contributed by atoms with van der Waals surface area (Å²) in [7, 11) is 1.53. The number of pyridine rings is 1. The van der Waals surface area contributed by atoms with Crippen LogP contribution in [0.1, 0.15) is 33.2 Å². The third kappa shape index (κ3) is 4.48.